The van der Waals surface area contributed by atoms with Crippen LogP contribution in [0, 0.1) is 0 Å². The SMILES string of the molecule is C=CCN(C(=O)OC(C)(C)C)c1ccccc1C1(C(=O)CCN(C)OC)OCCO1. The Morgan fingerprint density at radius 3 is 2.43 bits per heavy atom. The van der Waals surface area contributed by atoms with E-state index in [4.69, 9.17) is 19.0 Å². The number of carbonyl (C=O) groups is 2. The van der Waals surface area contributed by atoms with Crippen molar-refractivity contribution in [3.05, 3.63) is 42.5 Å². The van der Waals surface area contributed by atoms with Crippen LogP contribution in [0.5, 0.6) is 0 Å². The van der Waals surface area contributed by atoms with Gasteiger partial charge in [-0.25, -0.2) is 4.79 Å². The van der Waals surface area contributed by atoms with Crippen LogP contribution in [-0.4, -0.2) is 63.0 Å². The summed E-state index contributed by atoms with van der Waals surface area (Å²) in [6.07, 6.45) is 1.20. The van der Waals surface area contributed by atoms with Gasteiger partial charge in [0.1, 0.15) is 5.60 Å². The second-order valence-corrected chi connectivity index (χ2v) is 7.92. The number of rotatable bonds is 9. The zero-order chi connectivity index (χ0) is 22.4. The molecule has 1 aromatic carbocycles. The number of ether oxygens (including phenoxy) is 3. The summed E-state index contributed by atoms with van der Waals surface area (Å²) in [6.45, 7) is 10.2. The molecule has 1 aromatic rings. The summed E-state index contributed by atoms with van der Waals surface area (Å²) in [5.74, 6) is -1.84. The van der Waals surface area contributed by atoms with Crippen molar-refractivity contribution >= 4 is 17.6 Å². The predicted octanol–water partition coefficient (Wildman–Crippen LogP) is 3.27. The number of ketones is 1. The first-order valence-corrected chi connectivity index (χ1v) is 9.92. The summed E-state index contributed by atoms with van der Waals surface area (Å²) in [5.41, 5.74) is 0.256. The minimum Gasteiger partial charge on any atom is -0.443 e. The highest BCUT2D eigenvalue weighted by Crippen LogP contribution is 2.39. The molecule has 0 spiro atoms. The van der Waals surface area contributed by atoms with Gasteiger partial charge in [-0.1, -0.05) is 24.3 Å². The number of Topliss-reactive ketones (excluding diaryl/α,β-unsaturated/α-hetero) is 1. The van der Waals surface area contributed by atoms with E-state index in [0.29, 0.717) is 17.8 Å². The Labute approximate surface area is 178 Å². The molecule has 8 nitrogen and oxygen atoms in total. The first-order chi connectivity index (χ1) is 14.1. The van der Waals surface area contributed by atoms with Gasteiger partial charge < -0.3 is 19.0 Å². The van der Waals surface area contributed by atoms with Crippen molar-refractivity contribution in [2.45, 2.75) is 38.6 Å². The van der Waals surface area contributed by atoms with E-state index in [2.05, 4.69) is 6.58 Å². The van der Waals surface area contributed by atoms with Gasteiger partial charge in [-0.15, -0.1) is 6.58 Å². The van der Waals surface area contributed by atoms with Gasteiger partial charge in [0.15, 0.2) is 5.78 Å². The number of hydroxylamine groups is 2. The zero-order valence-corrected chi connectivity index (χ0v) is 18.5. The van der Waals surface area contributed by atoms with Crippen molar-refractivity contribution in [2.24, 2.45) is 0 Å². The van der Waals surface area contributed by atoms with E-state index in [9.17, 15) is 9.59 Å². The van der Waals surface area contributed by atoms with E-state index in [0.717, 1.165) is 0 Å². The largest absolute Gasteiger partial charge is 0.443 e. The molecule has 1 amide bonds. The topological polar surface area (TPSA) is 77.5 Å². The molecule has 2 rings (SSSR count). The molecule has 0 unspecified atom stereocenters. The van der Waals surface area contributed by atoms with Crippen molar-refractivity contribution in [1.29, 1.82) is 0 Å². The van der Waals surface area contributed by atoms with E-state index in [-0.39, 0.29) is 32.0 Å². The third-order valence-corrected chi connectivity index (χ3v) is 4.50. The maximum absolute atomic E-state index is 13.2. The quantitative estimate of drug-likeness (QED) is 0.448. The fourth-order valence-corrected chi connectivity index (χ4v) is 3.10. The molecule has 0 aromatic heterocycles. The molecule has 1 heterocycles. The number of hydrogen-bond acceptors (Lipinski definition) is 7. The molecule has 1 aliphatic heterocycles. The Kier molecular flexibility index (Phi) is 8.14. The first-order valence-electron chi connectivity index (χ1n) is 9.92. The third-order valence-electron chi connectivity index (χ3n) is 4.50. The molecule has 0 aliphatic carbocycles. The van der Waals surface area contributed by atoms with Gasteiger partial charge >= 0.3 is 6.09 Å². The molecule has 0 N–H and O–H groups in total. The van der Waals surface area contributed by atoms with E-state index >= 15 is 0 Å². The standard InChI is InChI=1S/C22H32N2O6/c1-7-13-24(20(26)30-21(2,3)4)18-11-9-8-10-17(18)22(28-15-16-29-22)19(25)12-14-23(5)27-6/h7-11H,1,12-16H2,2-6H3. The summed E-state index contributed by atoms with van der Waals surface area (Å²) in [4.78, 5) is 32.7. The minimum atomic E-state index is -1.59. The van der Waals surface area contributed by atoms with Gasteiger partial charge in [-0.05, 0) is 26.8 Å². The maximum atomic E-state index is 13.2. The molecular formula is C22H32N2O6. The van der Waals surface area contributed by atoms with Crippen LogP contribution in [0.2, 0.25) is 0 Å². The molecule has 0 atom stereocenters. The number of carbonyl (C=O) groups excluding carboxylic acids is 2. The number of amides is 1. The summed E-state index contributed by atoms with van der Waals surface area (Å²) in [5, 5.41) is 1.55. The van der Waals surface area contributed by atoms with Crippen molar-refractivity contribution in [3.63, 3.8) is 0 Å². The maximum Gasteiger partial charge on any atom is 0.415 e. The molecule has 0 saturated carbocycles. The monoisotopic (exact) mass is 420 g/mol. The lowest BCUT2D eigenvalue weighted by Gasteiger charge is -2.33. The smallest absolute Gasteiger partial charge is 0.415 e. The van der Waals surface area contributed by atoms with E-state index in [1.165, 1.54) is 12.0 Å². The highest BCUT2D eigenvalue weighted by atomic mass is 16.7. The molecule has 30 heavy (non-hydrogen) atoms. The van der Waals surface area contributed by atoms with Crippen LogP contribution in [0.25, 0.3) is 0 Å². The van der Waals surface area contributed by atoms with Crippen LogP contribution < -0.4 is 4.90 Å². The van der Waals surface area contributed by atoms with Gasteiger partial charge in [0.2, 0.25) is 0 Å². The van der Waals surface area contributed by atoms with Crippen molar-refractivity contribution in [1.82, 2.24) is 5.06 Å². The molecule has 0 bridgehead atoms. The van der Waals surface area contributed by atoms with Crippen molar-refractivity contribution in [2.75, 3.05) is 45.4 Å². The fraction of sp³-hybridized carbons (Fsp3) is 0.545. The second kappa shape index (κ2) is 10.2. The first kappa shape index (κ1) is 24.0. The Morgan fingerprint density at radius 2 is 1.87 bits per heavy atom. The van der Waals surface area contributed by atoms with Gasteiger partial charge in [-0.3, -0.25) is 9.69 Å². The van der Waals surface area contributed by atoms with Crippen molar-refractivity contribution < 1.29 is 28.6 Å². The zero-order valence-electron chi connectivity index (χ0n) is 18.5. The van der Waals surface area contributed by atoms with Crippen LogP contribution in [0.1, 0.15) is 32.8 Å². The molecular weight excluding hydrogens is 388 g/mol. The fourth-order valence-electron chi connectivity index (χ4n) is 3.10. The van der Waals surface area contributed by atoms with Crippen LogP contribution >= 0.6 is 0 Å². The highest BCUT2D eigenvalue weighted by molar-refractivity contribution is 5.94. The summed E-state index contributed by atoms with van der Waals surface area (Å²) < 4.78 is 17.3. The number of para-hydroxylation sites is 1. The van der Waals surface area contributed by atoms with Crippen molar-refractivity contribution in [3.8, 4) is 0 Å². The molecule has 1 fully saturated rings. The van der Waals surface area contributed by atoms with E-state index in [1.807, 2.05) is 0 Å². The molecule has 8 heteroatoms. The summed E-state index contributed by atoms with van der Waals surface area (Å²) in [6, 6.07) is 7.04. The lowest BCUT2D eigenvalue weighted by Crippen LogP contribution is -2.42. The average Bonchev–Trinajstić information content (AvgIpc) is 3.19. The van der Waals surface area contributed by atoms with Crippen LogP contribution in [0.4, 0.5) is 10.5 Å². The Bertz CT molecular complexity index is 752. The van der Waals surface area contributed by atoms with Gasteiger partial charge in [0, 0.05) is 32.1 Å². The minimum absolute atomic E-state index is 0.145. The predicted molar refractivity (Wildman–Crippen MR) is 113 cm³/mol. The normalized spacial score (nSPS) is 15.8. The molecule has 0 radical (unpaired) electrons. The second-order valence-electron chi connectivity index (χ2n) is 7.92. The van der Waals surface area contributed by atoms with Gasteiger partial charge in [-0.2, -0.15) is 5.06 Å². The van der Waals surface area contributed by atoms with Crippen LogP contribution in [-0.2, 0) is 29.6 Å². The lowest BCUT2D eigenvalue weighted by molar-refractivity contribution is -0.187. The number of hydrogen-bond donors (Lipinski definition) is 0. The van der Waals surface area contributed by atoms with Gasteiger partial charge in [0.25, 0.3) is 5.79 Å². The molecule has 1 saturated heterocycles. The van der Waals surface area contributed by atoms with Gasteiger partial charge in [0.05, 0.1) is 26.0 Å². The van der Waals surface area contributed by atoms with Crippen LogP contribution in [0.15, 0.2) is 36.9 Å². The molecule has 1 aliphatic rings. The van der Waals surface area contributed by atoms with Crippen LogP contribution in [0.3, 0.4) is 0 Å². The number of benzene rings is 1. The average molecular weight is 421 g/mol. The third kappa shape index (κ3) is 5.66. The van der Waals surface area contributed by atoms with E-state index in [1.54, 1.807) is 63.2 Å². The van der Waals surface area contributed by atoms with E-state index < -0.39 is 17.5 Å². The lowest BCUT2D eigenvalue weighted by atomic mass is 9.96. The highest BCUT2D eigenvalue weighted by Gasteiger charge is 2.48. The Morgan fingerprint density at radius 1 is 1.23 bits per heavy atom. The number of anilines is 1. The summed E-state index contributed by atoms with van der Waals surface area (Å²) in [7, 11) is 3.27. The Balaban J connectivity index is 2.45. The molecule has 166 valence electrons. The summed E-state index contributed by atoms with van der Waals surface area (Å²) >= 11 is 0. The Hall–Kier alpha value is -2.26. The number of nitrogens with zero attached hydrogens (tertiary/aromatic N) is 2.